The van der Waals surface area contributed by atoms with E-state index in [2.05, 4.69) is 49.5 Å². The Morgan fingerprint density at radius 2 is 2.11 bits per heavy atom. The van der Waals surface area contributed by atoms with Crippen molar-refractivity contribution >= 4 is 45.3 Å². The Hall–Kier alpha value is 1.20. The summed E-state index contributed by atoms with van der Waals surface area (Å²) in [7, 11) is 2.02. The van der Waals surface area contributed by atoms with Gasteiger partial charge in [-0.15, -0.1) is 31.2 Å². The molecular weight excluding hydrogens is 261 g/mol. The van der Waals surface area contributed by atoms with E-state index in [1.807, 2.05) is 7.41 Å². The zero-order valence-electron chi connectivity index (χ0n) is 5.75. The molecule has 0 aromatic carbocycles. The first-order valence-corrected chi connectivity index (χ1v) is 9.45. The van der Waals surface area contributed by atoms with E-state index in [0.29, 0.717) is 0 Å². The Kier molecular flexibility index (Phi) is 5.59. The molecule has 0 unspecified atom stereocenters. The van der Waals surface area contributed by atoms with Gasteiger partial charge in [0, 0.05) is 0 Å². The van der Waals surface area contributed by atoms with Gasteiger partial charge in [-0.25, -0.2) is 0 Å². The third-order valence-electron chi connectivity index (χ3n) is 0.744. The van der Waals surface area contributed by atoms with E-state index in [9.17, 15) is 0 Å². The van der Waals surface area contributed by atoms with E-state index in [1.54, 1.807) is 0 Å². The number of alkyl halides is 1. The molecule has 1 N–H and O–H groups in total. The maximum atomic E-state index is 3.65. The topological polar surface area (TPSA) is 12.0 Å². The van der Waals surface area contributed by atoms with Gasteiger partial charge in [-0.05, 0) is 11.4 Å². The van der Waals surface area contributed by atoms with Gasteiger partial charge in [-0.1, -0.05) is 13.1 Å². The molecule has 9 heavy (non-hydrogen) atoms. The van der Waals surface area contributed by atoms with Crippen molar-refractivity contribution in [2.75, 3.05) is 11.4 Å². The van der Waals surface area contributed by atoms with Gasteiger partial charge in [0.1, 0.15) is 6.69 Å². The minimum atomic E-state index is -1.05. The molecule has 0 atom stereocenters. The molecule has 5 heteroatoms. The molecule has 0 amide bonds. The van der Waals surface area contributed by atoms with Gasteiger partial charge in [0.05, 0.1) is 0 Å². The first kappa shape index (κ1) is 10.2. The summed E-state index contributed by atoms with van der Waals surface area (Å²) in [5, 5.41) is 4.14. The molecule has 0 saturated heterocycles. The Bertz CT molecular complexity index is 75.5. The first-order chi connectivity index (χ1) is 4.06. The number of hydrogen-bond acceptors (Lipinski definition) is 1. The highest BCUT2D eigenvalue weighted by Crippen LogP contribution is 2.07. The molecule has 0 bridgehead atoms. The van der Waals surface area contributed by atoms with E-state index in [-0.39, 0.29) is 0 Å². The van der Waals surface area contributed by atoms with Gasteiger partial charge in [-0.2, -0.15) is 0 Å². The third kappa shape index (κ3) is 9.20. The monoisotopic (exact) mass is 270 g/mol. The van der Waals surface area contributed by atoms with Crippen molar-refractivity contribution in [1.82, 2.24) is 5.23 Å². The minimum absolute atomic E-state index is 0.921. The van der Waals surface area contributed by atoms with Crippen LogP contribution in [0, 0.1) is 0 Å². The molecule has 1 radical (unpaired) electrons. The Labute approximate surface area is 75.0 Å². The van der Waals surface area contributed by atoms with Crippen LogP contribution in [0.3, 0.4) is 0 Å². The molecule has 53 valence electrons. The minimum Gasteiger partial charge on any atom is -0.361 e. The van der Waals surface area contributed by atoms with Crippen LogP contribution in [0.25, 0.3) is 0 Å². The van der Waals surface area contributed by atoms with Crippen molar-refractivity contribution in [2.45, 2.75) is 13.1 Å². The molecule has 0 fully saturated rings. The van der Waals surface area contributed by atoms with Crippen LogP contribution in [-0.2, 0) is 0 Å². The lowest BCUT2D eigenvalue weighted by Gasteiger charge is -2.12. The highest BCUT2D eigenvalue weighted by molar-refractivity contribution is 9.26. The quantitative estimate of drug-likeness (QED) is 0.355. The standard InChI is InChI=1S/C4H11BBr2NSi/c1-9(2,7)4-8-5-3-6/h8H,3-4H2,1-2H3. The van der Waals surface area contributed by atoms with E-state index in [4.69, 9.17) is 0 Å². The number of halogens is 2. The molecule has 0 heterocycles. The van der Waals surface area contributed by atoms with E-state index in [0.717, 1.165) is 11.4 Å². The summed E-state index contributed by atoms with van der Waals surface area (Å²) in [6, 6.07) is 0. The van der Waals surface area contributed by atoms with Crippen molar-refractivity contribution in [2.24, 2.45) is 0 Å². The van der Waals surface area contributed by atoms with Crippen molar-refractivity contribution in [3.63, 3.8) is 0 Å². The van der Waals surface area contributed by atoms with Gasteiger partial charge in [-0.3, -0.25) is 0 Å². The Morgan fingerprint density at radius 1 is 1.56 bits per heavy atom. The second kappa shape index (κ2) is 4.93. The van der Waals surface area contributed by atoms with Gasteiger partial charge in [0.2, 0.25) is 7.41 Å². The summed E-state index contributed by atoms with van der Waals surface area (Å²) in [4.78, 5) is 0. The van der Waals surface area contributed by atoms with Crippen LogP contribution in [0.4, 0.5) is 0 Å². The lowest BCUT2D eigenvalue weighted by Crippen LogP contribution is -2.36. The van der Waals surface area contributed by atoms with Crippen LogP contribution < -0.4 is 5.23 Å². The maximum Gasteiger partial charge on any atom is 0.216 e. The van der Waals surface area contributed by atoms with Gasteiger partial charge in [0.25, 0.3) is 0 Å². The third-order valence-corrected chi connectivity index (χ3v) is 2.95. The van der Waals surface area contributed by atoms with Crippen LogP contribution in [0.5, 0.6) is 0 Å². The summed E-state index contributed by atoms with van der Waals surface area (Å²) in [5.41, 5.74) is 0. The molecule has 0 aliphatic rings. The Balaban J connectivity index is 3.07. The fraction of sp³-hybridized carbons (Fsp3) is 1.00. The second-order valence-corrected chi connectivity index (χ2v) is 13.3. The van der Waals surface area contributed by atoms with Gasteiger partial charge < -0.3 is 5.23 Å². The highest BCUT2D eigenvalue weighted by Gasteiger charge is 2.13. The van der Waals surface area contributed by atoms with Crippen LogP contribution in [0.1, 0.15) is 0 Å². The van der Waals surface area contributed by atoms with Crippen molar-refractivity contribution in [3.8, 4) is 0 Å². The van der Waals surface area contributed by atoms with Crippen LogP contribution in [0.15, 0.2) is 0 Å². The highest BCUT2D eigenvalue weighted by atomic mass is 79.9. The second-order valence-electron chi connectivity index (χ2n) is 2.46. The van der Waals surface area contributed by atoms with Gasteiger partial charge >= 0.3 is 0 Å². The van der Waals surface area contributed by atoms with Crippen LogP contribution in [0.2, 0.25) is 13.1 Å². The van der Waals surface area contributed by atoms with E-state index >= 15 is 0 Å². The van der Waals surface area contributed by atoms with E-state index in [1.165, 1.54) is 0 Å². The first-order valence-electron chi connectivity index (χ1n) is 2.86. The molecule has 0 rings (SSSR count). The normalized spacial score (nSPS) is 11.6. The lowest BCUT2D eigenvalue weighted by molar-refractivity contribution is 1.15. The predicted octanol–water partition coefficient (Wildman–Crippen LogP) is 1.69. The van der Waals surface area contributed by atoms with Crippen molar-refractivity contribution in [1.29, 1.82) is 0 Å². The summed E-state index contributed by atoms with van der Waals surface area (Å²) in [5.74, 6) is 0. The smallest absolute Gasteiger partial charge is 0.216 e. The molecule has 0 aliphatic carbocycles. The maximum absolute atomic E-state index is 3.65. The molecular formula is C4H11BBr2NSi. The molecule has 0 saturated carbocycles. The lowest BCUT2D eigenvalue weighted by atomic mass is 10.0. The largest absolute Gasteiger partial charge is 0.361 e. The summed E-state index contributed by atoms with van der Waals surface area (Å²) in [6.07, 6.45) is 1.10. The van der Waals surface area contributed by atoms with Crippen molar-refractivity contribution in [3.05, 3.63) is 0 Å². The average molecular weight is 272 g/mol. The Morgan fingerprint density at radius 3 is 2.44 bits per heavy atom. The fourth-order valence-corrected chi connectivity index (χ4v) is 1.71. The van der Waals surface area contributed by atoms with Crippen LogP contribution in [-0.4, -0.2) is 25.5 Å². The SMILES string of the molecule is C[Si](C)(Br)CN[B]CBr. The summed E-state index contributed by atoms with van der Waals surface area (Å²) in [6.45, 7) is 3.49. The van der Waals surface area contributed by atoms with Crippen LogP contribution >= 0.6 is 31.2 Å². The molecule has 0 aliphatic heterocycles. The predicted molar refractivity (Wildman–Crippen MR) is 54.0 cm³/mol. The van der Waals surface area contributed by atoms with E-state index < -0.39 is 6.69 Å². The zero-order chi connectivity index (χ0) is 7.33. The summed E-state index contributed by atoms with van der Waals surface area (Å²) >= 11 is 6.95. The zero-order valence-corrected chi connectivity index (χ0v) is 9.92. The van der Waals surface area contributed by atoms with Crippen molar-refractivity contribution < 1.29 is 0 Å². The molecule has 0 aromatic heterocycles. The fourth-order valence-electron chi connectivity index (χ4n) is 0.369. The number of rotatable bonds is 4. The number of nitrogens with one attached hydrogen (secondary N) is 1. The molecule has 1 nitrogen and oxygen atoms in total. The molecule has 0 aromatic rings. The van der Waals surface area contributed by atoms with Gasteiger partial charge in [0.15, 0.2) is 0 Å². The average Bonchev–Trinajstić information content (AvgIpc) is 1.63. The number of hydrogen-bond donors (Lipinski definition) is 1. The summed E-state index contributed by atoms with van der Waals surface area (Å²) < 4.78 is 0. The molecule has 0 spiro atoms.